The minimum Gasteiger partial charge on any atom is -0.472 e. The summed E-state index contributed by atoms with van der Waals surface area (Å²) in [5.41, 5.74) is 0.573. The molecule has 4 rings (SSSR count). The van der Waals surface area contributed by atoms with E-state index in [0.29, 0.717) is 17.4 Å². The van der Waals surface area contributed by atoms with Gasteiger partial charge < -0.3 is 13.8 Å². The summed E-state index contributed by atoms with van der Waals surface area (Å²) < 4.78 is 10.4. The molecule has 2 fully saturated rings. The molecule has 0 radical (unpaired) electrons. The van der Waals surface area contributed by atoms with Gasteiger partial charge in [0.05, 0.1) is 11.8 Å². The van der Waals surface area contributed by atoms with Crippen LogP contribution in [-0.4, -0.2) is 27.5 Å². The molecule has 0 spiro atoms. The van der Waals surface area contributed by atoms with Gasteiger partial charge in [0.25, 0.3) is 5.91 Å². The van der Waals surface area contributed by atoms with Gasteiger partial charge in [0.2, 0.25) is 5.89 Å². The number of hydrogen-bond acceptors (Lipinski definition) is 5. The predicted octanol–water partition coefficient (Wildman–Crippen LogP) is 2.91. The van der Waals surface area contributed by atoms with Crippen molar-refractivity contribution in [2.45, 2.75) is 44.1 Å². The Morgan fingerprint density at radius 1 is 1.29 bits per heavy atom. The lowest BCUT2D eigenvalue weighted by molar-refractivity contribution is 0.0560. The number of amides is 1. The van der Waals surface area contributed by atoms with Gasteiger partial charge in [-0.1, -0.05) is 5.16 Å². The molecule has 1 atom stereocenters. The van der Waals surface area contributed by atoms with Crippen molar-refractivity contribution in [3.8, 4) is 0 Å². The summed E-state index contributed by atoms with van der Waals surface area (Å²) in [6.07, 6.45) is 8.23. The van der Waals surface area contributed by atoms with E-state index in [0.717, 1.165) is 44.5 Å². The monoisotopic (exact) mass is 287 g/mol. The fourth-order valence-electron chi connectivity index (χ4n) is 2.87. The number of furan rings is 1. The fourth-order valence-corrected chi connectivity index (χ4v) is 2.87. The third kappa shape index (κ3) is 2.34. The maximum Gasteiger partial charge on any atom is 0.257 e. The Bertz CT molecular complexity index is 630. The van der Waals surface area contributed by atoms with Crippen molar-refractivity contribution in [1.29, 1.82) is 0 Å². The van der Waals surface area contributed by atoms with E-state index in [-0.39, 0.29) is 11.9 Å². The van der Waals surface area contributed by atoms with E-state index in [4.69, 9.17) is 8.94 Å². The molecule has 2 aliphatic rings. The van der Waals surface area contributed by atoms with Crippen molar-refractivity contribution in [1.82, 2.24) is 15.0 Å². The molecule has 6 heteroatoms. The number of aromatic nitrogens is 2. The maximum absolute atomic E-state index is 12.6. The minimum atomic E-state index is -0.110. The van der Waals surface area contributed by atoms with E-state index in [1.807, 2.05) is 4.90 Å². The molecule has 3 heterocycles. The summed E-state index contributed by atoms with van der Waals surface area (Å²) in [7, 11) is 0. The number of likely N-dealkylation sites (tertiary alicyclic amines) is 1. The van der Waals surface area contributed by atoms with Crippen LogP contribution in [0, 0.1) is 0 Å². The van der Waals surface area contributed by atoms with Gasteiger partial charge in [0, 0.05) is 12.5 Å². The highest BCUT2D eigenvalue weighted by atomic mass is 16.5. The summed E-state index contributed by atoms with van der Waals surface area (Å²) in [5.74, 6) is 1.81. The fraction of sp³-hybridized carbons (Fsp3) is 0.533. The quantitative estimate of drug-likeness (QED) is 0.867. The number of carbonyl (C=O) groups is 1. The molecule has 1 saturated heterocycles. The Hall–Kier alpha value is -2.11. The summed E-state index contributed by atoms with van der Waals surface area (Å²) in [5, 5.41) is 4.07. The van der Waals surface area contributed by atoms with Crippen molar-refractivity contribution >= 4 is 5.91 Å². The van der Waals surface area contributed by atoms with Gasteiger partial charge in [-0.05, 0) is 38.2 Å². The van der Waals surface area contributed by atoms with Crippen LogP contribution < -0.4 is 0 Å². The van der Waals surface area contributed by atoms with Crippen LogP contribution in [0.25, 0.3) is 0 Å². The van der Waals surface area contributed by atoms with E-state index < -0.39 is 0 Å². The van der Waals surface area contributed by atoms with E-state index in [9.17, 15) is 4.79 Å². The molecule has 1 amide bonds. The lowest BCUT2D eigenvalue weighted by atomic mass is 10.0. The lowest BCUT2D eigenvalue weighted by Gasteiger charge is -2.33. The first-order valence-corrected chi connectivity index (χ1v) is 7.49. The molecule has 110 valence electrons. The molecule has 2 aromatic heterocycles. The Balaban J connectivity index is 1.59. The molecule has 6 nitrogen and oxygen atoms in total. The van der Waals surface area contributed by atoms with Gasteiger partial charge >= 0.3 is 0 Å². The zero-order chi connectivity index (χ0) is 14.2. The zero-order valence-electron chi connectivity index (χ0n) is 11.7. The van der Waals surface area contributed by atoms with Crippen LogP contribution in [0.2, 0.25) is 0 Å². The normalized spacial score (nSPS) is 22.5. The second kappa shape index (κ2) is 5.02. The summed E-state index contributed by atoms with van der Waals surface area (Å²) in [4.78, 5) is 18.9. The zero-order valence-corrected chi connectivity index (χ0v) is 11.7. The van der Waals surface area contributed by atoms with Crippen molar-refractivity contribution in [2.75, 3.05) is 6.54 Å². The van der Waals surface area contributed by atoms with E-state index in [2.05, 4.69) is 10.1 Å². The third-order valence-corrected chi connectivity index (χ3v) is 4.22. The molecule has 1 aliphatic carbocycles. The van der Waals surface area contributed by atoms with Crippen LogP contribution in [0.5, 0.6) is 0 Å². The molecular formula is C15H17N3O3. The summed E-state index contributed by atoms with van der Waals surface area (Å²) >= 11 is 0. The van der Waals surface area contributed by atoms with Crippen molar-refractivity contribution in [3.05, 3.63) is 35.9 Å². The number of hydrogen-bond donors (Lipinski definition) is 0. The molecule has 1 saturated carbocycles. The lowest BCUT2D eigenvalue weighted by Crippen LogP contribution is -2.38. The van der Waals surface area contributed by atoms with E-state index in [1.165, 1.54) is 12.5 Å². The first-order chi connectivity index (χ1) is 10.3. The number of rotatable bonds is 3. The predicted molar refractivity (Wildman–Crippen MR) is 72.6 cm³/mol. The molecule has 0 bridgehead atoms. The number of piperidine rings is 1. The Morgan fingerprint density at radius 3 is 2.95 bits per heavy atom. The molecule has 0 N–H and O–H groups in total. The van der Waals surface area contributed by atoms with Gasteiger partial charge in [0.15, 0.2) is 5.82 Å². The Labute approximate surface area is 122 Å². The Kier molecular flexibility index (Phi) is 3.02. The average Bonchev–Trinajstić information content (AvgIpc) is 3.05. The smallest absolute Gasteiger partial charge is 0.257 e. The topological polar surface area (TPSA) is 72.4 Å². The highest BCUT2D eigenvalue weighted by molar-refractivity contribution is 5.94. The summed E-state index contributed by atoms with van der Waals surface area (Å²) in [6.45, 7) is 0.718. The number of nitrogens with zero attached hydrogens (tertiary/aromatic N) is 3. The van der Waals surface area contributed by atoms with E-state index >= 15 is 0 Å². The average molecular weight is 287 g/mol. The maximum atomic E-state index is 12.6. The molecule has 0 aromatic carbocycles. The SMILES string of the molecule is O=C(c1ccoc1)N1CCCC[C@@H]1c1nc(C2CC2)no1. The van der Waals surface area contributed by atoms with Crippen LogP contribution in [0.4, 0.5) is 0 Å². The van der Waals surface area contributed by atoms with Gasteiger partial charge in [-0.25, -0.2) is 0 Å². The van der Waals surface area contributed by atoms with Crippen LogP contribution in [0.3, 0.4) is 0 Å². The first kappa shape index (κ1) is 12.6. The Morgan fingerprint density at radius 2 is 2.19 bits per heavy atom. The summed E-state index contributed by atoms with van der Waals surface area (Å²) in [6, 6.07) is 1.58. The largest absolute Gasteiger partial charge is 0.472 e. The molecule has 2 aromatic rings. The molecular weight excluding hydrogens is 270 g/mol. The highest BCUT2D eigenvalue weighted by Crippen LogP contribution is 2.39. The second-order valence-electron chi connectivity index (χ2n) is 5.79. The van der Waals surface area contributed by atoms with Crippen LogP contribution in [0.15, 0.2) is 27.5 Å². The minimum absolute atomic E-state index is 0.0281. The van der Waals surface area contributed by atoms with Gasteiger partial charge in [-0.15, -0.1) is 0 Å². The van der Waals surface area contributed by atoms with E-state index in [1.54, 1.807) is 6.07 Å². The van der Waals surface area contributed by atoms with Crippen LogP contribution in [-0.2, 0) is 0 Å². The first-order valence-electron chi connectivity index (χ1n) is 7.49. The highest BCUT2D eigenvalue weighted by Gasteiger charge is 2.35. The van der Waals surface area contributed by atoms with Crippen LogP contribution >= 0.6 is 0 Å². The van der Waals surface area contributed by atoms with Crippen molar-refractivity contribution in [3.63, 3.8) is 0 Å². The van der Waals surface area contributed by atoms with Crippen molar-refractivity contribution in [2.24, 2.45) is 0 Å². The van der Waals surface area contributed by atoms with Gasteiger partial charge in [-0.2, -0.15) is 4.98 Å². The van der Waals surface area contributed by atoms with Crippen LogP contribution in [0.1, 0.15) is 66.1 Å². The molecule has 21 heavy (non-hydrogen) atoms. The third-order valence-electron chi connectivity index (χ3n) is 4.22. The second-order valence-corrected chi connectivity index (χ2v) is 5.79. The van der Waals surface area contributed by atoms with Gasteiger partial charge in [-0.3, -0.25) is 4.79 Å². The van der Waals surface area contributed by atoms with Crippen molar-refractivity contribution < 1.29 is 13.7 Å². The molecule has 1 aliphatic heterocycles. The standard InChI is InChI=1S/C15H17N3O3/c19-15(11-6-8-20-9-11)18-7-2-1-3-12(18)14-16-13(17-21-14)10-4-5-10/h6,8-10,12H,1-5,7H2/t12-/m1/s1. The molecule has 0 unspecified atom stereocenters. The van der Waals surface area contributed by atoms with Gasteiger partial charge in [0.1, 0.15) is 12.3 Å². The number of carbonyl (C=O) groups excluding carboxylic acids is 1.